The smallest absolute Gasteiger partial charge is 0.305 e. The maximum Gasteiger partial charge on any atom is 0.305 e. The first-order valence-corrected chi connectivity index (χ1v) is 7.64. The van der Waals surface area contributed by atoms with Crippen molar-refractivity contribution >= 4 is 23.5 Å². The first-order valence-electron chi connectivity index (χ1n) is 7.27. The van der Waals surface area contributed by atoms with E-state index >= 15 is 0 Å². The number of carbonyl (C=O) groups excluding carboxylic acids is 1. The number of amides is 1. The molecule has 0 spiro atoms. The van der Waals surface area contributed by atoms with Crippen LogP contribution in [0, 0.1) is 0 Å². The molecule has 0 aliphatic heterocycles. The van der Waals surface area contributed by atoms with Gasteiger partial charge in [-0.25, -0.2) is 0 Å². The Balaban J connectivity index is 2.16. The van der Waals surface area contributed by atoms with E-state index in [2.05, 4.69) is 5.32 Å². The molecule has 1 fully saturated rings. The molecule has 1 amide bonds. The molecular weight excluding hydrogens is 290 g/mol. The molecular formula is C16H20ClNO3. The Hall–Kier alpha value is -1.55. The van der Waals surface area contributed by atoms with Gasteiger partial charge in [-0.15, -0.1) is 0 Å². The Morgan fingerprint density at radius 1 is 1.43 bits per heavy atom. The van der Waals surface area contributed by atoms with E-state index in [1.165, 1.54) is 0 Å². The van der Waals surface area contributed by atoms with Crippen molar-refractivity contribution in [1.82, 2.24) is 5.32 Å². The Morgan fingerprint density at radius 2 is 2.14 bits per heavy atom. The van der Waals surface area contributed by atoms with Gasteiger partial charge in [0.2, 0.25) is 5.91 Å². The SMILES string of the molecule is CCC(CC(=O)O)NC(=O)C1(c2cccc(Cl)c2)CCC1. The van der Waals surface area contributed by atoms with Gasteiger partial charge in [0.15, 0.2) is 0 Å². The second-order valence-corrected chi connectivity index (χ2v) is 6.06. The van der Waals surface area contributed by atoms with Crippen LogP contribution in [0.4, 0.5) is 0 Å². The minimum Gasteiger partial charge on any atom is -0.481 e. The average molecular weight is 310 g/mol. The van der Waals surface area contributed by atoms with Crippen molar-refractivity contribution in [3.63, 3.8) is 0 Å². The second-order valence-electron chi connectivity index (χ2n) is 5.62. The van der Waals surface area contributed by atoms with Crippen LogP contribution in [0.15, 0.2) is 24.3 Å². The first-order chi connectivity index (χ1) is 9.98. The van der Waals surface area contributed by atoms with Crippen LogP contribution in [-0.2, 0) is 15.0 Å². The highest BCUT2D eigenvalue weighted by molar-refractivity contribution is 6.30. The molecule has 1 unspecified atom stereocenters. The maximum atomic E-state index is 12.7. The number of aliphatic carboxylic acids is 1. The summed E-state index contributed by atoms with van der Waals surface area (Å²) in [6, 6.07) is 7.06. The predicted octanol–water partition coefficient (Wildman–Crippen LogP) is 3.13. The number of carboxylic acid groups (broad SMARTS) is 1. The van der Waals surface area contributed by atoms with E-state index < -0.39 is 11.4 Å². The topological polar surface area (TPSA) is 66.4 Å². The summed E-state index contributed by atoms with van der Waals surface area (Å²) >= 11 is 6.03. The molecule has 0 heterocycles. The molecule has 21 heavy (non-hydrogen) atoms. The van der Waals surface area contributed by atoms with Crippen LogP contribution in [0.25, 0.3) is 0 Å². The van der Waals surface area contributed by atoms with Gasteiger partial charge in [0.25, 0.3) is 0 Å². The quantitative estimate of drug-likeness (QED) is 0.848. The monoisotopic (exact) mass is 309 g/mol. The molecule has 0 aromatic heterocycles. The van der Waals surface area contributed by atoms with Crippen molar-refractivity contribution in [2.45, 2.75) is 50.5 Å². The largest absolute Gasteiger partial charge is 0.481 e. The van der Waals surface area contributed by atoms with E-state index in [9.17, 15) is 9.59 Å². The maximum absolute atomic E-state index is 12.7. The number of nitrogens with one attached hydrogen (secondary N) is 1. The summed E-state index contributed by atoms with van der Waals surface area (Å²) in [5.74, 6) is -0.975. The zero-order valence-electron chi connectivity index (χ0n) is 12.1. The van der Waals surface area contributed by atoms with Crippen LogP contribution in [0.5, 0.6) is 0 Å². The molecule has 1 saturated carbocycles. The van der Waals surface area contributed by atoms with Gasteiger partial charge in [-0.2, -0.15) is 0 Å². The van der Waals surface area contributed by atoms with E-state index in [0.717, 1.165) is 24.8 Å². The van der Waals surface area contributed by atoms with Crippen molar-refractivity contribution in [2.75, 3.05) is 0 Å². The lowest BCUT2D eigenvalue weighted by Crippen LogP contribution is -2.52. The molecule has 1 aromatic rings. The van der Waals surface area contributed by atoms with Crippen LogP contribution in [0.2, 0.25) is 5.02 Å². The van der Waals surface area contributed by atoms with Gasteiger partial charge in [0, 0.05) is 11.1 Å². The highest BCUT2D eigenvalue weighted by Crippen LogP contribution is 2.44. The molecule has 1 aliphatic carbocycles. The van der Waals surface area contributed by atoms with Gasteiger partial charge in [-0.1, -0.05) is 37.1 Å². The molecule has 0 bridgehead atoms. The van der Waals surface area contributed by atoms with E-state index in [1.54, 1.807) is 6.07 Å². The molecule has 2 N–H and O–H groups in total. The van der Waals surface area contributed by atoms with Gasteiger partial charge in [0.1, 0.15) is 0 Å². The molecule has 0 saturated heterocycles. The van der Waals surface area contributed by atoms with E-state index in [4.69, 9.17) is 16.7 Å². The molecule has 1 aromatic carbocycles. The van der Waals surface area contributed by atoms with E-state index in [1.807, 2.05) is 25.1 Å². The van der Waals surface area contributed by atoms with Crippen LogP contribution in [-0.4, -0.2) is 23.0 Å². The molecule has 0 radical (unpaired) electrons. The van der Waals surface area contributed by atoms with Gasteiger partial charge in [0.05, 0.1) is 11.8 Å². The lowest BCUT2D eigenvalue weighted by atomic mass is 9.63. The summed E-state index contributed by atoms with van der Waals surface area (Å²) in [4.78, 5) is 23.5. The van der Waals surface area contributed by atoms with Crippen LogP contribution < -0.4 is 5.32 Å². The van der Waals surface area contributed by atoms with Crippen LogP contribution in [0.1, 0.15) is 44.6 Å². The number of benzene rings is 1. The summed E-state index contributed by atoms with van der Waals surface area (Å²) in [7, 11) is 0. The molecule has 1 atom stereocenters. The van der Waals surface area contributed by atoms with Gasteiger partial charge in [-0.3, -0.25) is 9.59 Å². The number of hydrogen-bond acceptors (Lipinski definition) is 2. The number of carbonyl (C=O) groups is 2. The lowest BCUT2D eigenvalue weighted by Gasteiger charge is -2.41. The number of carboxylic acids is 1. The van der Waals surface area contributed by atoms with Crippen molar-refractivity contribution in [2.24, 2.45) is 0 Å². The fourth-order valence-electron chi connectivity index (χ4n) is 2.80. The molecule has 1 aliphatic rings. The molecule has 114 valence electrons. The van der Waals surface area contributed by atoms with E-state index in [0.29, 0.717) is 11.4 Å². The van der Waals surface area contributed by atoms with Crippen molar-refractivity contribution in [3.05, 3.63) is 34.9 Å². The summed E-state index contributed by atoms with van der Waals surface area (Å²) < 4.78 is 0. The highest BCUT2D eigenvalue weighted by atomic mass is 35.5. The normalized spacial score (nSPS) is 17.6. The third-order valence-electron chi connectivity index (χ3n) is 4.27. The third-order valence-corrected chi connectivity index (χ3v) is 4.50. The second kappa shape index (κ2) is 6.48. The third kappa shape index (κ3) is 3.38. The van der Waals surface area contributed by atoms with Crippen molar-refractivity contribution in [3.8, 4) is 0 Å². The summed E-state index contributed by atoms with van der Waals surface area (Å²) in [6.45, 7) is 1.88. The average Bonchev–Trinajstić information content (AvgIpc) is 2.36. The Kier molecular flexibility index (Phi) is 4.88. The number of hydrogen-bond donors (Lipinski definition) is 2. The number of rotatable bonds is 6. The zero-order valence-corrected chi connectivity index (χ0v) is 12.8. The van der Waals surface area contributed by atoms with Gasteiger partial charge >= 0.3 is 5.97 Å². The molecule has 4 nitrogen and oxygen atoms in total. The minimum atomic E-state index is -0.896. The van der Waals surface area contributed by atoms with Crippen molar-refractivity contribution < 1.29 is 14.7 Å². The van der Waals surface area contributed by atoms with Gasteiger partial charge in [-0.05, 0) is 37.0 Å². The fraction of sp³-hybridized carbons (Fsp3) is 0.500. The lowest BCUT2D eigenvalue weighted by molar-refractivity contribution is -0.138. The highest BCUT2D eigenvalue weighted by Gasteiger charge is 2.46. The summed E-state index contributed by atoms with van der Waals surface area (Å²) in [5, 5.41) is 12.4. The van der Waals surface area contributed by atoms with Crippen LogP contribution >= 0.6 is 11.6 Å². The van der Waals surface area contributed by atoms with Crippen molar-refractivity contribution in [1.29, 1.82) is 0 Å². The zero-order chi connectivity index (χ0) is 15.5. The Bertz CT molecular complexity index is 540. The number of halogens is 1. The first kappa shape index (κ1) is 15.8. The predicted molar refractivity (Wildman–Crippen MR) is 81.5 cm³/mol. The van der Waals surface area contributed by atoms with E-state index in [-0.39, 0.29) is 18.4 Å². The summed E-state index contributed by atoms with van der Waals surface area (Å²) in [6.07, 6.45) is 3.11. The van der Waals surface area contributed by atoms with Gasteiger partial charge < -0.3 is 10.4 Å². The summed E-state index contributed by atoms with van der Waals surface area (Å²) in [5.41, 5.74) is 0.375. The standard InChI is InChI=1S/C16H20ClNO3/c1-2-13(10-14(19)20)18-15(21)16(7-4-8-16)11-5-3-6-12(17)9-11/h3,5-6,9,13H,2,4,7-8,10H2,1H3,(H,18,21)(H,19,20). The minimum absolute atomic E-state index is 0.0478. The fourth-order valence-corrected chi connectivity index (χ4v) is 2.99. The molecule has 5 heteroatoms. The Labute approximate surface area is 129 Å². The molecule has 2 rings (SSSR count). The van der Waals surface area contributed by atoms with Crippen LogP contribution in [0.3, 0.4) is 0 Å². The Morgan fingerprint density at radius 3 is 2.62 bits per heavy atom.